The van der Waals surface area contributed by atoms with Gasteiger partial charge < -0.3 is 5.32 Å². The van der Waals surface area contributed by atoms with Gasteiger partial charge in [-0.2, -0.15) is 0 Å². The van der Waals surface area contributed by atoms with Crippen molar-refractivity contribution in [3.63, 3.8) is 0 Å². The van der Waals surface area contributed by atoms with Crippen molar-refractivity contribution < 1.29 is 21.6 Å². The summed E-state index contributed by atoms with van der Waals surface area (Å²) in [5, 5.41) is 2.77. The van der Waals surface area contributed by atoms with Gasteiger partial charge in [0.1, 0.15) is 0 Å². The van der Waals surface area contributed by atoms with E-state index in [9.17, 15) is 21.6 Å². The highest BCUT2D eigenvalue weighted by Gasteiger charge is 2.17. The average molecular weight is 396 g/mol. The third-order valence-electron chi connectivity index (χ3n) is 3.62. The quantitative estimate of drug-likeness (QED) is 0.776. The molecule has 0 bridgehead atoms. The zero-order valence-electron chi connectivity index (χ0n) is 14.6. The molecular formula is C17H20N2O5S2. The lowest BCUT2D eigenvalue weighted by Gasteiger charge is -2.16. The van der Waals surface area contributed by atoms with Crippen LogP contribution in [-0.4, -0.2) is 35.3 Å². The molecule has 0 saturated heterocycles. The highest BCUT2D eigenvalue weighted by Crippen LogP contribution is 2.20. The molecule has 0 aliphatic carbocycles. The van der Waals surface area contributed by atoms with Gasteiger partial charge in [0.05, 0.1) is 28.4 Å². The third kappa shape index (κ3) is 5.30. The normalized spacial score (nSPS) is 13.0. The van der Waals surface area contributed by atoms with E-state index >= 15 is 0 Å². The Morgan fingerprint density at radius 3 is 2.04 bits per heavy atom. The van der Waals surface area contributed by atoms with Crippen molar-refractivity contribution in [2.75, 3.05) is 17.2 Å². The topological polar surface area (TPSA) is 109 Å². The Labute approximate surface area is 153 Å². The number of hydrogen-bond donors (Lipinski definition) is 2. The predicted molar refractivity (Wildman–Crippen MR) is 100 cm³/mol. The van der Waals surface area contributed by atoms with Crippen LogP contribution in [0.3, 0.4) is 0 Å². The van der Waals surface area contributed by atoms with E-state index in [1.165, 1.54) is 24.3 Å². The molecular weight excluding hydrogens is 376 g/mol. The summed E-state index contributed by atoms with van der Waals surface area (Å²) >= 11 is 0. The first kappa shape index (κ1) is 19.9. The van der Waals surface area contributed by atoms with Crippen LogP contribution in [0.15, 0.2) is 53.4 Å². The van der Waals surface area contributed by atoms with Gasteiger partial charge in [0.25, 0.3) is 5.91 Å². The largest absolute Gasteiger partial charge is 0.345 e. The Kier molecular flexibility index (Phi) is 5.72. The maximum absolute atomic E-state index is 12.5. The fourth-order valence-corrected chi connectivity index (χ4v) is 3.54. The first-order chi connectivity index (χ1) is 12.0. The maximum Gasteiger partial charge on any atom is 0.253 e. The van der Waals surface area contributed by atoms with Crippen molar-refractivity contribution in [1.29, 1.82) is 0 Å². The summed E-state index contributed by atoms with van der Waals surface area (Å²) in [6, 6.07) is 12.1. The van der Waals surface area contributed by atoms with Crippen LogP contribution in [-0.2, 0) is 19.9 Å². The maximum atomic E-state index is 12.5. The number of benzene rings is 2. The molecule has 0 aromatic heterocycles. The number of carbonyl (C=O) groups excluding carboxylic acids is 1. The fourth-order valence-electron chi connectivity index (χ4n) is 2.33. The van der Waals surface area contributed by atoms with E-state index in [4.69, 9.17) is 0 Å². The number of amides is 1. The van der Waals surface area contributed by atoms with Gasteiger partial charge in [-0.1, -0.05) is 24.3 Å². The van der Waals surface area contributed by atoms with Gasteiger partial charge in [0.2, 0.25) is 10.0 Å². The van der Waals surface area contributed by atoms with Crippen LogP contribution in [0.25, 0.3) is 0 Å². The highest BCUT2D eigenvalue weighted by molar-refractivity contribution is 7.92. The SMILES string of the molecule is C[C@@H](NC(=O)c1ccccc1NS(C)(=O)=O)c1ccc(S(C)(=O)=O)cc1. The van der Waals surface area contributed by atoms with Crippen molar-refractivity contribution in [2.45, 2.75) is 17.9 Å². The van der Waals surface area contributed by atoms with Crippen molar-refractivity contribution in [2.24, 2.45) is 0 Å². The lowest BCUT2D eigenvalue weighted by Crippen LogP contribution is -2.27. The van der Waals surface area contributed by atoms with Crippen LogP contribution in [0.1, 0.15) is 28.9 Å². The van der Waals surface area contributed by atoms with E-state index in [0.717, 1.165) is 18.1 Å². The van der Waals surface area contributed by atoms with Crippen LogP contribution >= 0.6 is 0 Å². The molecule has 0 fully saturated rings. The van der Waals surface area contributed by atoms with Gasteiger partial charge in [0, 0.05) is 6.26 Å². The summed E-state index contributed by atoms with van der Waals surface area (Å²) in [7, 11) is -6.81. The van der Waals surface area contributed by atoms with Gasteiger partial charge in [-0.3, -0.25) is 9.52 Å². The molecule has 0 unspecified atom stereocenters. The van der Waals surface area contributed by atoms with Crippen molar-refractivity contribution in [3.05, 3.63) is 59.7 Å². The molecule has 0 radical (unpaired) electrons. The Morgan fingerprint density at radius 2 is 1.50 bits per heavy atom. The van der Waals surface area contributed by atoms with Crippen LogP contribution < -0.4 is 10.0 Å². The minimum Gasteiger partial charge on any atom is -0.345 e. The molecule has 0 aliphatic rings. The van der Waals surface area contributed by atoms with E-state index in [2.05, 4.69) is 10.0 Å². The van der Waals surface area contributed by atoms with Crippen molar-refractivity contribution in [1.82, 2.24) is 5.32 Å². The Balaban J connectivity index is 2.20. The first-order valence-corrected chi connectivity index (χ1v) is 11.4. The monoisotopic (exact) mass is 396 g/mol. The summed E-state index contributed by atoms with van der Waals surface area (Å²) in [6.45, 7) is 1.75. The fraction of sp³-hybridized carbons (Fsp3) is 0.235. The molecule has 0 aliphatic heterocycles. The molecule has 1 atom stereocenters. The number of carbonyl (C=O) groups is 1. The van der Waals surface area contributed by atoms with Gasteiger partial charge in [-0.25, -0.2) is 16.8 Å². The Hall–Kier alpha value is -2.39. The number of nitrogens with one attached hydrogen (secondary N) is 2. The minimum atomic E-state index is -3.52. The Bertz CT molecular complexity index is 1010. The van der Waals surface area contributed by atoms with Crippen LogP contribution in [0, 0.1) is 0 Å². The van der Waals surface area contributed by atoms with Crippen LogP contribution in [0.4, 0.5) is 5.69 Å². The molecule has 2 aromatic rings. The molecule has 140 valence electrons. The first-order valence-electron chi connectivity index (χ1n) is 7.65. The second kappa shape index (κ2) is 7.46. The molecule has 1 amide bonds. The predicted octanol–water partition coefficient (Wildman–Crippen LogP) is 1.95. The summed E-state index contributed by atoms with van der Waals surface area (Å²) < 4.78 is 48.2. The number of hydrogen-bond acceptors (Lipinski definition) is 5. The summed E-state index contributed by atoms with van der Waals surface area (Å²) in [5.74, 6) is -0.448. The molecule has 9 heteroatoms. The third-order valence-corrected chi connectivity index (χ3v) is 5.34. The summed E-state index contributed by atoms with van der Waals surface area (Å²) in [4.78, 5) is 12.7. The minimum absolute atomic E-state index is 0.187. The van der Waals surface area contributed by atoms with Crippen LogP contribution in [0.5, 0.6) is 0 Å². The second-order valence-electron chi connectivity index (χ2n) is 5.96. The van der Waals surface area contributed by atoms with E-state index in [0.29, 0.717) is 0 Å². The molecule has 0 saturated carbocycles. The molecule has 2 rings (SSSR count). The number of sulfonamides is 1. The standard InChI is InChI=1S/C17H20N2O5S2/c1-12(13-8-10-14(11-9-13)25(2,21)22)18-17(20)15-6-4-5-7-16(15)19-26(3,23)24/h4-12,19H,1-3H3,(H,18,20)/t12-/m1/s1. The molecule has 26 heavy (non-hydrogen) atoms. The van der Waals surface area contributed by atoms with E-state index in [1.807, 2.05) is 0 Å². The highest BCUT2D eigenvalue weighted by atomic mass is 32.2. The molecule has 0 spiro atoms. The number of para-hydroxylation sites is 1. The van der Waals surface area contributed by atoms with Gasteiger partial charge in [-0.15, -0.1) is 0 Å². The average Bonchev–Trinajstić information content (AvgIpc) is 2.53. The van der Waals surface area contributed by atoms with E-state index < -0.39 is 31.8 Å². The smallest absolute Gasteiger partial charge is 0.253 e. The second-order valence-corrected chi connectivity index (χ2v) is 9.72. The summed E-state index contributed by atoms with van der Waals surface area (Å²) in [6.07, 6.45) is 2.13. The van der Waals surface area contributed by atoms with Gasteiger partial charge in [0.15, 0.2) is 9.84 Å². The Morgan fingerprint density at radius 1 is 0.923 bits per heavy atom. The zero-order valence-corrected chi connectivity index (χ0v) is 16.2. The van der Waals surface area contributed by atoms with Crippen molar-refractivity contribution in [3.8, 4) is 0 Å². The molecule has 7 nitrogen and oxygen atoms in total. The van der Waals surface area contributed by atoms with Gasteiger partial charge >= 0.3 is 0 Å². The lowest BCUT2D eigenvalue weighted by atomic mass is 10.1. The number of anilines is 1. The van der Waals surface area contributed by atoms with Crippen molar-refractivity contribution >= 4 is 31.5 Å². The number of sulfone groups is 1. The molecule has 2 aromatic carbocycles. The van der Waals surface area contributed by atoms with Gasteiger partial charge in [-0.05, 0) is 36.8 Å². The summed E-state index contributed by atoms with van der Waals surface area (Å²) in [5.41, 5.74) is 1.10. The molecule has 2 N–H and O–H groups in total. The van der Waals surface area contributed by atoms with Crippen LogP contribution in [0.2, 0.25) is 0 Å². The zero-order chi connectivity index (χ0) is 19.5. The van der Waals surface area contributed by atoms with E-state index in [1.54, 1.807) is 31.2 Å². The number of rotatable bonds is 6. The molecule has 0 heterocycles. The van der Waals surface area contributed by atoms with E-state index in [-0.39, 0.29) is 16.1 Å². The lowest BCUT2D eigenvalue weighted by molar-refractivity contribution is 0.0940.